The van der Waals surface area contributed by atoms with Crippen molar-refractivity contribution in [3.63, 3.8) is 0 Å². The second-order valence-electron chi connectivity index (χ2n) is 5.75. The number of amides is 2. The van der Waals surface area contributed by atoms with E-state index >= 15 is 0 Å². The maximum atomic E-state index is 12.2. The molecule has 112 valence electrons. The lowest BCUT2D eigenvalue weighted by Crippen LogP contribution is -2.37. The van der Waals surface area contributed by atoms with Gasteiger partial charge in [-0.25, -0.2) is 0 Å². The number of rotatable bonds is 3. The van der Waals surface area contributed by atoms with Gasteiger partial charge in [0.05, 0.1) is 11.6 Å². The lowest BCUT2D eigenvalue weighted by molar-refractivity contribution is -0.128. The number of nitrogens with one attached hydrogen (secondary N) is 2. The lowest BCUT2D eigenvalue weighted by Gasteiger charge is -2.15. The number of carbonyl (C=O) groups is 2. The van der Waals surface area contributed by atoms with Crippen molar-refractivity contribution in [1.29, 1.82) is 0 Å². The molecule has 1 aliphatic heterocycles. The molecule has 1 atom stereocenters. The molecule has 1 fully saturated rings. The molecule has 0 radical (unpaired) electrons. The summed E-state index contributed by atoms with van der Waals surface area (Å²) in [4.78, 5) is 24.2. The molecular weight excluding hydrogens is 268 g/mol. The third-order valence-electron chi connectivity index (χ3n) is 4.11. The summed E-state index contributed by atoms with van der Waals surface area (Å²) in [7, 11) is 0. The van der Waals surface area contributed by atoms with E-state index in [1.807, 2.05) is 18.2 Å². The summed E-state index contributed by atoms with van der Waals surface area (Å²) in [6.07, 6.45) is 4.62. The highest BCUT2D eigenvalue weighted by Gasteiger charge is 2.28. The van der Waals surface area contributed by atoms with Crippen LogP contribution in [0, 0.1) is 5.92 Å². The number of anilines is 1. The van der Waals surface area contributed by atoms with E-state index in [1.54, 1.807) is 6.07 Å². The predicted molar refractivity (Wildman–Crippen MR) is 79.1 cm³/mol. The molecule has 5 heteroatoms. The van der Waals surface area contributed by atoms with Crippen LogP contribution in [0.4, 0.5) is 5.69 Å². The molecule has 3 rings (SSSR count). The Morgan fingerprint density at radius 3 is 2.86 bits per heavy atom. The quantitative estimate of drug-likeness (QED) is 0.895. The molecule has 1 aliphatic carbocycles. The molecule has 5 nitrogen and oxygen atoms in total. The minimum absolute atomic E-state index is 0.0587. The largest absolute Gasteiger partial charge is 0.491 e. The van der Waals surface area contributed by atoms with Gasteiger partial charge in [-0.15, -0.1) is 0 Å². The van der Waals surface area contributed by atoms with Gasteiger partial charge in [0.15, 0.2) is 0 Å². The smallest absolute Gasteiger partial charge is 0.231 e. The van der Waals surface area contributed by atoms with E-state index in [-0.39, 0.29) is 30.9 Å². The molecule has 2 N–H and O–H groups in total. The standard InChI is InChI=1S/C16H20N2O3/c19-15(17-12-5-1-2-6-12)9-11-10-21-14-8-4-3-7-13(14)18-16(11)20/h3-4,7-8,11-12H,1-2,5-6,9-10H2,(H,17,19)(H,18,20). The lowest BCUT2D eigenvalue weighted by atomic mass is 10.0. The van der Waals surface area contributed by atoms with Crippen LogP contribution in [-0.4, -0.2) is 24.5 Å². The van der Waals surface area contributed by atoms with Crippen molar-refractivity contribution >= 4 is 17.5 Å². The van der Waals surface area contributed by atoms with Gasteiger partial charge >= 0.3 is 0 Å². The Morgan fingerprint density at radius 1 is 1.29 bits per heavy atom. The summed E-state index contributed by atoms with van der Waals surface area (Å²) in [5.74, 6) is 0.00137. The van der Waals surface area contributed by atoms with Crippen molar-refractivity contribution in [3.05, 3.63) is 24.3 Å². The zero-order valence-corrected chi connectivity index (χ0v) is 11.9. The Hall–Kier alpha value is -2.04. The van der Waals surface area contributed by atoms with E-state index in [2.05, 4.69) is 10.6 Å². The van der Waals surface area contributed by atoms with Crippen molar-refractivity contribution in [2.45, 2.75) is 38.1 Å². The SMILES string of the molecule is O=C(CC1COc2ccccc2NC1=O)NC1CCCC1. The predicted octanol–water partition coefficient (Wildman–Crippen LogP) is 2.08. The third-order valence-corrected chi connectivity index (χ3v) is 4.11. The van der Waals surface area contributed by atoms with Gasteiger partial charge in [0.2, 0.25) is 11.8 Å². The first kappa shape index (κ1) is 13.9. The highest BCUT2D eigenvalue weighted by molar-refractivity contribution is 5.97. The number of carbonyl (C=O) groups excluding carboxylic acids is 2. The maximum absolute atomic E-state index is 12.2. The Morgan fingerprint density at radius 2 is 2.05 bits per heavy atom. The van der Waals surface area contributed by atoms with Crippen molar-refractivity contribution < 1.29 is 14.3 Å². The van der Waals surface area contributed by atoms with Gasteiger partial charge in [0, 0.05) is 12.5 Å². The Kier molecular flexibility index (Phi) is 4.08. The summed E-state index contributed by atoms with van der Waals surface area (Å²) >= 11 is 0. The van der Waals surface area contributed by atoms with Crippen LogP contribution in [0.2, 0.25) is 0 Å². The second kappa shape index (κ2) is 6.16. The normalized spacial score (nSPS) is 21.9. The van der Waals surface area contributed by atoms with Gasteiger partial charge in [0.25, 0.3) is 0 Å². The zero-order chi connectivity index (χ0) is 14.7. The van der Waals surface area contributed by atoms with Crippen LogP contribution in [0.5, 0.6) is 5.75 Å². The van der Waals surface area contributed by atoms with Crippen LogP contribution in [0.15, 0.2) is 24.3 Å². The van der Waals surface area contributed by atoms with E-state index in [1.165, 1.54) is 12.8 Å². The molecule has 0 saturated heterocycles. The maximum Gasteiger partial charge on any atom is 0.231 e. The average Bonchev–Trinajstić information content (AvgIpc) is 2.91. The first-order valence-electron chi connectivity index (χ1n) is 7.54. The van der Waals surface area contributed by atoms with Crippen molar-refractivity contribution in [3.8, 4) is 5.75 Å². The summed E-state index contributed by atoms with van der Waals surface area (Å²) in [6, 6.07) is 7.60. The van der Waals surface area contributed by atoms with Crippen molar-refractivity contribution in [2.24, 2.45) is 5.92 Å². The fourth-order valence-electron chi connectivity index (χ4n) is 2.93. The van der Waals surface area contributed by atoms with E-state index in [0.29, 0.717) is 11.4 Å². The van der Waals surface area contributed by atoms with Crippen LogP contribution in [-0.2, 0) is 9.59 Å². The second-order valence-corrected chi connectivity index (χ2v) is 5.75. The molecule has 1 saturated carbocycles. The van der Waals surface area contributed by atoms with Gasteiger partial charge in [-0.05, 0) is 25.0 Å². The van der Waals surface area contributed by atoms with Gasteiger partial charge in [-0.3, -0.25) is 9.59 Å². The monoisotopic (exact) mass is 288 g/mol. The number of hydrogen-bond acceptors (Lipinski definition) is 3. The van der Waals surface area contributed by atoms with Gasteiger partial charge in [0.1, 0.15) is 12.4 Å². The summed E-state index contributed by atoms with van der Waals surface area (Å²) in [6.45, 7) is 0.237. The fourth-order valence-corrected chi connectivity index (χ4v) is 2.93. The molecule has 0 spiro atoms. The number of para-hydroxylation sites is 2. The first-order chi connectivity index (χ1) is 10.2. The molecule has 2 aliphatic rings. The highest BCUT2D eigenvalue weighted by atomic mass is 16.5. The summed E-state index contributed by atoms with van der Waals surface area (Å²) in [5, 5.41) is 5.84. The molecular formula is C16H20N2O3. The highest BCUT2D eigenvalue weighted by Crippen LogP contribution is 2.28. The Labute approximate surface area is 124 Å². The van der Waals surface area contributed by atoms with Crippen LogP contribution < -0.4 is 15.4 Å². The van der Waals surface area contributed by atoms with Gasteiger partial charge < -0.3 is 15.4 Å². The number of benzene rings is 1. The molecule has 21 heavy (non-hydrogen) atoms. The molecule has 1 aromatic carbocycles. The van der Waals surface area contributed by atoms with E-state index in [9.17, 15) is 9.59 Å². The fraction of sp³-hybridized carbons (Fsp3) is 0.500. The van der Waals surface area contributed by atoms with E-state index in [4.69, 9.17) is 4.74 Å². The zero-order valence-electron chi connectivity index (χ0n) is 11.9. The minimum Gasteiger partial charge on any atom is -0.491 e. The number of ether oxygens (including phenoxy) is 1. The number of fused-ring (bicyclic) bond motifs is 1. The molecule has 0 aromatic heterocycles. The Balaban J connectivity index is 1.59. The first-order valence-corrected chi connectivity index (χ1v) is 7.54. The third kappa shape index (κ3) is 3.35. The van der Waals surface area contributed by atoms with E-state index in [0.717, 1.165) is 12.8 Å². The molecule has 2 amide bonds. The molecule has 1 aromatic rings. The van der Waals surface area contributed by atoms with E-state index < -0.39 is 5.92 Å². The summed E-state index contributed by atoms with van der Waals surface area (Å²) < 4.78 is 5.64. The molecule has 0 bridgehead atoms. The van der Waals surface area contributed by atoms with Crippen LogP contribution in [0.3, 0.4) is 0 Å². The summed E-state index contributed by atoms with van der Waals surface area (Å²) in [5.41, 5.74) is 0.668. The molecule has 1 heterocycles. The van der Waals surface area contributed by atoms with Crippen molar-refractivity contribution in [1.82, 2.24) is 5.32 Å². The van der Waals surface area contributed by atoms with Gasteiger partial charge in [-0.2, -0.15) is 0 Å². The minimum atomic E-state index is -0.446. The van der Waals surface area contributed by atoms with Gasteiger partial charge in [-0.1, -0.05) is 25.0 Å². The number of hydrogen-bond donors (Lipinski definition) is 2. The Bertz CT molecular complexity index is 538. The van der Waals surface area contributed by atoms with Crippen LogP contribution >= 0.6 is 0 Å². The average molecular weight is 288 g/mol. The molecule has 1 unspecified atom stereocenters. The van der Waals surface area contributed by atoms with Crippen LogP contribution in [0.25, 0.3) is 0 Å². The van der Waals surface area contributed by atoms with Crippen molar-refractivity contribution in [2.75, 3.05) is 11.9 Å². The topological polar surface area (TPSA) is 67.4 Å². The van der Waals surface area contributed by atoms with Crippen LogP contribution in [0.1, 0.15) is 32.1 Å².